The summed E-state index contributed by atoms with van der Waals surface area (Å²) in [4.78, 5) is 5.01. The lowest BCUT2D eigenvalue weighted by Gasteiger charge is -2.25. The van der Waals surface area contributed by atoms with E-state index in [1.54, 1.807) is 0 Å². The number of hydrogen-bond donors (Lipinski definition) is 2. The number of sulfone groups is 1. The highest BCUT2D eigenvalue weighted by molar-refractivity contribution is 7.91. The van der Waals surface area contributed by atoms with Gasteiger partial charge in [-0.15, -0.1) is 0 Å². The van der Waals surface area contributed by atoms with Crippen LogP contribution in [-0.2, 0) is 22.7 Å². The second-order valence-corrected chi connectivity index (χ2v) is 8.52. The number of nitrogens with zero attached hydrogens (tertiary/aromatic N) is 1. The highest BCUT2D eigenvalue weighted by Crippen LogP contribution is 2.27. The normalized spacial score (nSPS) is 21.0. The number of aryl methyl sites for hydroxylation is 2. The summed E-state index contributed by atoms with van der Waals surface area (Å²) in [5.74, 6) is 1.18. The van der Waals surface area contributed by atoms with E-state index in [2.05, 4.69) is 10.3 Å². The van der Waals surface area contributed by atoms with Gasteiger partial charge in [0.15, 0.2) is 0 Å². The first kappa shape index (κ1) is 14.7. The number of anilines is 1. The first-order valence-corrected chi connectivity index (χ1v) is 9.47. The lowest BCUT2D eigenvalue weighted by molar-refractivity contribution is 0.559. The van der Waals surface area contributed by atoms with E-state index >= 15 is 0 Å². The van der Waals surface area contributed by atoms with Crippen molar-refractivity contribution in [2.24, 2.45) is 5.73 Å². The molecule has 0 radical (unpaired) electrons. The van der Waals surface area contributed by atoms with Crippen LogP contribution >= 0.6 is 12.2 Å². The van der Waals surface area contributed by atoms with Crippen LogP contribution in [0.15, 0.2) is 6.07 Å². The van der Waals surface area contributed by atoms with Crippen LogP contribution < -0.4 is 11.1 Å². The number of aromatic nitrogens is 1. The first-order chi connectivity index (χ1) is 9.94. The van der Waals surface area contributed by atoms with Gasteiger partial charge < -0.3 is 11.1 Å². The van der Waals surface area contributed by atoms with Gasteiger partial charge in [-0.05, 0) is 43.7 Å². The fourth-order valence-electron chi connectivity index (χ4n) is 3.00. The van der Waals surface area contributed by atoms with Crippen molar-refractivity contribution in [1.82, 2.24) is 4.98 Å². The molecule has 21 heavy (non-hydrogen) atoms. The molecule has 0 amide bonds. The van der Waals surface area contributed by atoms with Crippen LogP contribution in [0.4, 0.5) is 5.82 Å². The third-order valence-corrected chi connectivity index (χ3v) is 6.15. The van der Waals surface area contributed by atoms with Crippen molar-refractivity contribution < 1.29 is 8.42 Å². The molecule has 0 aromatic carbocycles. The zero-order valence-electron chi connectivity index (χ0n) is 11.8. The summed E-state index contributed by atoms with van der Waals surface area (Å²) in [6.45, 7) is 0. The lowest BCUT2D eigenvalue weighted by atomic mass is 10.1. The Bertz CT molecular complexity index is 672. The molecule has 1 fully saturated rings. The number of hydrogen-bond acceptors (Lipinski definition) is 5. The molecule has 7 heteroatoms. The van der Waals surface area contributed by atoms with Crippen molar-refractivity contribution in [1.29, 1.82) is 0 Å². The number of nitrogens with two attached hydrogens (primary N) is 1. The average Bonchev–Trinajstić information content (AvgIpc) is 2.87. The highest BCUT2D eigenvalue weighted by atomic mass is 32.2. The maximum absolute atomic E-state index is 11.5. The van der Waals surface area contributed by atoms with E-state index in [0.717, 1.165) is 30.5 Å². The van der Waals surface area contributed by atoms with Crippen molar-refractivity contribution in [2.45, 2.75) is 38.1 Å². The largest absolute Gasteiger partial charge is 0.389 e. The molecule has 1 saturated heterocycles. The topological polar surface area (TPSA) is 85.1 Å². The quantitative estimate of drug-likeness (QED) is 0.812. The minimum Gasteiger partial charge on any atom is -0.389 e. The standard InChI is InChI=1S/C14H19N3O2S2/c15-13(20)11-8-9-2-1-3-12(9)17-14(11)16-10-4-6-21(18,19)7-5-10/h8,10H,1-7H2,(H2,15,20)(H,16,17). The minimum absolute atomic E-state index is 0.119. The van der Waals surface area contributed by atoms with E-state index in [-0.39, 0.29) is 17.5 Å². The van der Waals surface area contributed by atoms with Crippen LogP contribution in [-0.4, -0.2) is 35.9 Å². The second kappa shape index (κ2) is 5.53. The van der Waals surface area contributed by atoms with Crippen LogP contribution in [0.25, 0.3) is 0 Å². The summed E-state index contributed by atoms with van der Waals surface area (Å²) >= 11 is 5.13. The Morgan fingerprint density at radius 3 is 2.71 bits per heavy atom. The van der Waals surface area contributed by atoms with Gasteiger partial charge in [-0.25, -0.2) is 13.4 Å². The van der Waals surface area contributed by atoms with Crippen molar-refractivity contribution in [3.05, 3.63) is 22.9 Å². The maximum Gasteiger partial charge on any atom is 0.150 e. The Morgan fingerprint density at radius 2 is 2.05 bits per heavy atom. The van der Waals surface area contributed by atoms with E-state index in [0.29, 0.717) is 23.6 Å². The van der Waals surface area contributed by atoms with Crippen molar-refractivity contribution in [3.8, 4) is 0 Å². The Hall–Kier alpha value is -1.21. The first-order valence-electron chi connectivity index (χ1n) is 7.24. The fraction of sp³-hybridized carbons (Fsp3) is 0.571. The number of thiocarbonyl (C=S) groups is 1. The highest BCUT2D eigenvalue weighted by Gasteiger charge is 2.25. The summed E-state index contributed by atoms with van der Waals surface area (Å²) in [5.41, 5.74) is 8.93. The van der Waals surface area contributed by atoms with Crippen molar-refractivity contribution in [2.75, 3.05) is 16.8 Å². The summed E-state index contributed by atoms with van der Waals surface area (Å²) in [6, 6.07) is 2.16. The van der Waals surface area contributed by atoms with Gasteiger partial charge in [0, 0.05) is 11.7 Å². The number of fused-ring (bicyclic) bond motifs is 1. The molecular weight excluding hydrogens is 306 g/mol. The average molecular weight is 325 g/mol. The molecule has 2 heterocycles. The molecule has 114 valence electrons. The van der Waals surface area contributed by atoms with Crippen LogP contribution in [0.2, 0.25) is 0 Å². The van der Waals surface area contributed by atoms with Gasteiger partial charge in [0.2, 0.25) is 0 Å². The summed E-state index contributed by atoms with van der Waals surface area (Å²) in [7, 11) is -2.85. The third-order valence-electron chi connectivity index (χ3n) is 4.21. The van der Waals surface area contributed by atoms with Crippen molar-refractivity contribution >= 4 is 32.9 Å². The maximum atomic E-state index is 11.5. The summed E-state index contributed by atoms with van der Waals surface area (Å²) in [5, 5.41) is 3.36. The monoisotopic (exact) mass is 325 g/mol. The van der Waals surface area contributed by atoms with E-state index in [4.69, 9.17) is 18.0 Å². The van der Waals surface area contributed by atoms with Gasteiger partial charge in [0.25, 0.3) is 0 Å². The van der Waals surface area contributed by atoms with Crippen molar-refractivity contribution in [3.63, 3.8) is 0 Å². The van der Waals surface area contributed by atoms with Crippen LogP contribution in [0, 0.1) is 0 Å². The molecule has 1 aliphatic carbocycles. The molecule has 0 saturated carbocycles. The minimum atomic E-state index is -2.85. The zero-order chi connectivity index (χ0) is 15.0. The Morgan fingerprint density at radius 1 is 1.33 bits per heavy atom. The number of nitrogens with one attached hydrogen (secondary N) is 1. The molecule has 1 aromatic heterocycles. The van der Waals surface area contributed by atoms with Gasteiger partial charge in [0.05, 0.1) is 17.1 Å². The van der Waals surface area contributed by atoms with Crippen LogP contribution in [0.5, 0.6) is 0 Å². The molecule has 3 N–H and O–H groups in total. The van der Waals surface area contributed by atoms with E-state index in [9.17, 15) is 8.42 Å². The Balaban J connectivity index is 1.83. The predicted molar refractivity (Wildman–Crippen MR) is 87.4 cm³/mol. The molecule has 1 aromatic rings. The molecule has 0 spiro atoms. The molecular formula is C14H19N3O2S2. The number of pyridine rings is 1. The van der Waals surface area contributed by atoms with Crippen LogP contribution in [0.1, 0.15) is 36.1 Å². The molecule has 2 aliphatic rings. The zero-order valence-corrected chi connectivity index (χ0v) is 13.4. The third kappa shape index (κ3) is 3.18. The van der Waals surface area contributed by atoms with E-state index in [1.807, 2.05) is 6.07 Å². The smallest absolute Gasteiger partial charge is 0.150 e. The molecule has 5 nitrogen and oxygen atoms in total. The summed E-state index contributed by atoms with van der Waals surface area (Å²) in [6.07, 6.45) is 4.35. The van der Waals surface area contributed by atoms with Crippen LogP contribution in [0.3, 0.4) is 0 Å². The molecule has 3 rings (SSSR count). The SMILES string of the molecule is NC(=S)c1cc2c(nc1NC1CCS(=O)(=O)CC1)CCC2. The molecule has 1 aliphatic heterocycles. The number of rotatable bonds is 3. The van der Waals surface area contributed by atoms with E-state index < -0.39 is 9.84 Å². The Labute approximate surface area is 130 Å². The lowest BCUT2D eigenvalue weighted by Crippen LogP contribution is -2.33. The molecule has 0 bridgehead atoms. The van der Waals surface area contributed by atoms with Gasteiger partial charge in [-0.2, -0.15) is 0 Å². The predicted octanol–water partition coefficient (Wildman–Crippen LogP) is 1.19. The van der Waals surface area contributed by atoms with Gasteiger partial charge in [-0.3, -0.25) is 0 Å². The Kier molecular flexibility index (Phi) is 3.88. The fourth-order valence-corrected chi connectivity index (χ4v) is 4.64. The molecule has 0 unspecified atom stereocenters. The van der Waals surface area contributed by atoms with Gasteiger partial charge in [0.1, 0.15) is 20.6 Å². The van der Waals surface area contributed by atoms with Gasteiger partial charge in [-0.1, -0.05) is 12.2 Å². The second-order valence-electron chi connectivity index (χ2n) is 5.78. The van der Waals surface area contributed by atoms with Gasteiger partial charge >= 0.3 is 0 Å². The van der Waals surface area contributed by atoms with E-state index in [1.165, 1.54) is 5.56 Å². The summed E-state index contributed by atoms with van der Waals surface area (Å²) < 4.78 is 23.0. The molecule has 0 atom stereocenters.